The molecule has 0 saturated carbocycles. The molecule has 0 saturated heterocycles. The lowest BCUT2D eigenvalue weighted by Gasteiger charge is -2.17. The highest BCUT2D eigenvalue weighted by Gasteiger charge is 2.27. The van der Waals surface area contributed by atoms with E-state index in [1.165, 1.54) is 32.4 Å². The third-order valence-electron chi connectivity index (χ3n) is 7.10. The number of allylic oxidation sites excluding steroid dienone is 2. The summed E-state index contributed by atoms with van der Waals surface area (Å²) in [6.45, 7) is 2.17. The van der Waals surface area contributed by atoms with Gasteiger partial charge in [-0.3, -0.25) is 4.79 Å². The number of nitrogens with one attached hydrogen (secondary N) is 1. The van der Waals surface area contributed by atoms with Crippen LogP contribution in [0.25, 0.3) is 28.3 Å². The van der Waals surface area contributed by atoms with E-state index < -0.39 is 11.8 Å². The van der Waals surface area contributed by atoms with Gasteiger partial charge in [-0.05, 0) is 88.9 Å². The van der Waals surface area contributed by atoms with Gasteiger partial charge in [0.1, 0.15) is 23.1 Å². The van der Waals surface area contributed by atoms with Gasteiger partial charge in [0, 0.05) is 5.56 Å². The summed E-state index contributed by atoms with van der Waals surface area (Å²) in [7, 11) is 3.02. The Bertz CT molecular complexity index is 1680. The molecule has 3 aromatic carbocycles. The van der Waals surface area contributed by atoms with Crippen molar-refractivity contribution < 1.29 is 33.0 Å². The summed E-state index contributed by atoms with van der Waals surface area (Å²) in [5.41, 5.74) is 5.70. The molecule has 1 aromatic heterocycles. The number of carboxylic acid groups (broad SMARTS) is 1. The van der Waals surface area contributed by atoms with Crippen LogP contribution in [0.4, 0.5) is 4.39 Å². The highest BCUT2D eigenvalue weighted by atomic mass is 19.1. The van der Waals surface area contributed by atoms with Crippen molar-refractivity contribution in [1.82, 2.24) is 5.32 Å². The van der Waals surface area contributed by atoms with E-state index in [0.717, 1.165) is 27.8 Å². The Labute approximate surface area is 236 Å². The highest BCUT2D eigenvalue weighted by molar-refractivity contribution is 6.08. The largest absolute Gasteiger partial charge is 0.496 e. The third kappa shape index (κ3) is 5.49. The van der Waals surface area contributed by atoms with Gasteiger partial charge >= 0.3 is 5.97 Å². The van der Waals surface area contributed by atoms with Crippen LogP contribution in [0.5, 0.6) is 11.5 Å². The molecule has 2 N–H and O–H groups in total. The van der Waals surface area contributed by atoms with E-state index >= 15 is 0 Å². The van der Waals surface area contributed by atoms with Gasteiger partial charge in [-0.1, -0.05) is 24.3 Å². The van der Waals surface area contributed by atoms with Crippen LogP contribution in [-0.2, 0) is 11.3 Å². The molecule has 0 fully saturated rings. The molecular formula is C33H28FNO6. The van der Waals surface area contributed by atoms with Crippen LogP contribution in [0, 0.1) is 5.82 Å². The maximum absolute atomic E-state index is 14.4. The van der Waals surface area contributed by atoms with Crippen LogP contribution in [0.2, 0.25) is 0 Å². The Morgan fingerprint density at radius 3 is 2.34 bits per heavy atom. The molecule has 1 aliphatic carbocycles. The molecule has 0 aliphatic heterocycles. The van der Waals surface area contributed by atoms with Crippen LogP contribution in [0.3, 0.4) is 0 Å². The second kappa shape index (κ2) is 11.6. The molecule has 0 radical (unpaired) electrons. The number of halogens is 1. The van der Waals surface area contributed by atoms with Crippen LogP contribution in [0.1, 0.15) is 46.2 Å². The van der Waals surface area contributed by atoms with E-state index in [0.29, 0.717) is 33.9 Å². The molecule has 8 heteroatoms. The van der Waals surface area contributed by atoms with Crippen LogP contribution in [0.15, 0.2) is 83.0 Å². The zero-order valence-electron chi connectivity index (χ0n) is 22.8. The Morgan fingerprint density at radius 2 is 1.68 bits per heavy atom. The van der Waals surface area contributed by atoms with E-state index in [-0.39, 0.29) is 24.4 Å². The predicted molar refractivity (Wildman–Crippen MR) is 154 cm³/mol. The van der Waals surface area contributed by atoms with E-state index in [4.69, 9.17) is 13.9 Å². The Morgan fingerprint density at radius 1 is 0.951 bits per heavy atom. The van der Waals surface area contributed by atoms with Crippen molar-refractivity contribution in [3.63, 3.8) is 0 Å². The van der Waals surface area contributed by atoms with Crippen molar-refractivity contribution in [1.29, 1.82) is 0 Å². The van der Waals surface area contributed by atoms with Gasteiger partial charge in [0.15, 0.2) is 0 Å². The lowest BCUT2D eigenvalue weighted by molar-refractivity contribution is -0.120. The maximum atomic E-state index is 14.4. The molecular weight excluding hydrogens is 525 g/mol. The molecule has 0 spiro atoms. The van der Waals surface area contributed by atoms with Crippen LogP contribution in [-0.4, -0.2) is 31.2 Å². The number of benzene rings is 3. The molecule has 208 valence electrons. The molecule has 1 heterocycles. The topological polar surface area (TPSA) is 98.0 Å². The maximum Gasteiger partial charge on any atom is 0.336 e. The summed E-state index contributed by atoms with van der Waals surface area (Å²) in [6, 6.07) is 18.3. The van der Waals surface area contributed by atoms with Gasteiger partial charge in [-0.25, -0.2) is 9.18 Å². The zero-order valence-corrected chi connectivity index (χ0v) is 22.8. The number of carbonyl (C=O) groups is 2. The smallest absolute Gasteiger partial charge is 0.336 e. The molecule has 1 aliphatic rings. The van der Waals surface area contributed by atoms with Gasteiger partial charge in [0.2, 0.25) is 5.91 Å². The highest BCUT2D eigenvalue weighted by Crippen LogP contribution is 2.46. The first-order valence-corrected chi connectivity index (χ1v) is 12.9. The predicted octanol–water partition coefficient (Wildman–Crippen LogP) is 6.84. The van der Waals surface area contributed by atoms with Gasteiger partial charge in [0.25, 0.3) is 0 Å². The molecule has 0 unspecified atom stereocenters. The molecule has 0 bridgehead atoms. The first-order chi connectivity index (χ1) is 19.8. The van der Waals surface area contributed by atoms with Crippen LogP contribution >= 0.6 is 0 Å². The van der Waals surface area contributed by atoms with Crippen molar-refractivity contribution >= 4 is 29.1 Å². The van der Waals surface area contributed by atoms with Crippen molar-refractivity contribution in [3.8, 4) is 22.6 Å². The number of carbonyl (C=O) groups excluding carboxylic acids is 1. The number of hydrogen-bond acceptors (Lipinski definition) is 5. The molecule has 1 amide bonds. The summed E-state index contributed by atoms with van der Waals surface area (Å²) in [5, 5.41) is 12.6. The normalized spacial score (nSPS) is 13.3. The number of hydrogen-bond donors (Lipinski definition) is 2. The van der Waals surface area contributed by atoms with E-state index in [2.05, 4.69) is 5.32 Å². The second-order valence-corrected chi connectivity index (χ2v) is 9.54. The number of carboxylic acids is 1. The standard InChI is InChI=1S/C33H28FNO6/c1-19-26(23-11-10-21(34)16-28(23)27(19)17-31(36)35-18-22-7-6-12-41-22)13-20-14-29(39-2)32(30(15-20)40-3)24-8-4-5-9-25(24)33(37)38/h4-16H,17-18H2,1-3H3,(H,35,36)(H,37,38)/b26-13-. The lowest BCUT2D eigenvalue weighted by atomic mass is 9.95. The number of methoxy groups -OCH3 is 2. The average Bonchev–Trinajstić information content (AvgIpc) is 3.58. The molecule has 4 aromatic rings. The van der Waals surface area contributed by atoms with Gasteiger partial charge in [-0.2, -0.15) is 0 Å². The number of rotatable bonds is 9. The summed E-state index contributed by atoms with van der Waals surface area (Å²) in [6.07, 6.45) is 3.54. The number of fused-ring (bicyclic) bond motifs is 1. The number of aromatic carboxylic acids is 1. The average molecular weight is 554 g/mol. The summed E-state index contributed by atoms with van der Waals surface area (Å²) in [4.78, 5) is 24.8. The lowest BCUT2D eigenvalue weighted by Crippen LogP contribution is -2.22. The van der Waals surface area contributed by atoms with Crippen molar-refractivity contribution in [2.45, 2.75) is 19.9 Å². The van der Waals surface area contributed by atoms with E-state index in [9.17, 15) is 19.1 Å². The van der Waals surface area contributed by atoms with Gasteiger partial charge in [-0.15, -0.1) is 0 Å². The fourth-order valence-corrected chi connectivity index (χ4v) is 5.14. The van der Waals surface area contributed by atoms with E-state index in [1.807, 2.05) is 13.0 Å². The molecule has 0 atom stereocenters. The minimum atomic E-state index is -1.06. The summed E-state index contributed by atoms with van der Waals surface area (Å²) in [5.74, 6) is -0.164. The van der Waals surface area contributed by atoms with Gasteiger partial charge < -0.3 is 24.3 Å². The van der Waals surface area contributed by atoms with Crippen molar-refractivity contribution in [3.05, 3.63) is 112 Å². The summed E-state index contributed by atoms with van der Waals surface area (Å²) >= 11 is 0. The third-order valence-corrected chi connectivity index (χ3v) is 7.10. The minimum Gasteiger partial charge on any atom is -0.496 e. The quantitative estimate of drug-likeness (QED) is 0.236. The first kappa shape index (κ1) is 27.5. The monoisotopic (exact) mass is 553 g/mol. The Kier molecular flexibility index (Phi) is 7.74. The SMILES string of the molecule is COc1cc(/C=C2/C(C)=C(CC(=O)NCc3ccco3)c3cc(F)ccc32)cc(OC)c1-c1ccccc1C(=O)O. The van der Waals surface area contributed by atoms with Gasteiger partial charge in [0.05, 0.1) is 44.6 Å². The zero-order chi connectivity index (χ0) is 29.1. The van der Waals surface area contributed by atoms with Crippen LogP contribution < -0.4 is 14.8 Å². The molecule has 7 nitrogen and oxygen atoms in total. The molecule has 5 rings (SSSR count). The minimum absolute atomic E-state index is 0.0673. The number of furan rings is 1. The first-order valence-electron chi connectivity index (χ1n) is 12.9. The van der Waals surface area contributed by atoms with Crippen molar-refractivity contribution in [2.24, 2.45) is 0 Å². The Balaban J connectivity index is 1.56. The summed E-state index contributed by atoms with van der Waals surface area (Å²) < 4.78 is 31.0. The van der Waals surface area contributed by atoms with Crippen molar-refractivity contribution in [2.75, 3.05) is 14.2 Å². The fourth-order valence-electron chi connectivity index (χ4n) is 5.14. The second-order valence-electron chi connectivity index (χ2n) is 9.54. The number of ether oxygens (including phenoxy) is 2. The number of amides is 1. The fraction of sp³-hybridized carbons (Fsp3) is 0.152. The Hall–Kier alpha value is -5.11. The molecule has 41 heavy (non-hydrogen) atoms. The van der Waals surface area contributed by atoms with E-state index in [1.54, 1.807) is 54.8 Å².